The van der Waals surface area contributed by atoms with Crippen LogP contribution in [0.1, 0.15) is 41.8 Å². The highest BCUT2D eigenvalue weighted by Gasteiger charge is 2.29. The molecule has 0 saturated heterocycles. The highest BCUT2D eigenvalue weighted by Crippen LogP contribution is 2.31. The molecule has 0 saturated carbocycles. The molecule has 0 bridgehead atoms. The van der Waals surface area contributed by atoms with Crippen molar-refractivity contribution in [3.63, 3.8) is 0 Å². The molecule has 6 nitrogen and oxygen atoms in total. The fourth-order valence-corrected chi connectivity index (χ4v) is 3.02. The quantitative estimate of drug-likeness (QED) is 0.612. The molecule has 2 rings (SSSR count). The summed E-state index contributed by atoms with van der Waals surface area (Å²) in [5.74, 6) is -0.459. The number of furan rings is 1. The van der Waals surface area contributed by atoms with Crippen molar-refractivity contribution in [3.05, 3.63) is 50.8 Å². The van der Waals surface area contributed by atoms with Crippen molar-refractivity contribution in [2.75, 3.05) is 18.5 Å². The van der Waals surface area contributed by atoms with E-state index < -0.39 is 18.0 Å². The van der Waals surface area contributed by atoms with E-state index in [0.29, 0.717) is 16.5 Å². The Labute approximate surface area is 164 Å². The first-order valence-corrected chi connectivity index (χ1v) is 9.20. The minimum absolute atomic E-state index is 0.204. The minimum Gasteiger partial charge on any atom is -0.464 e. The maximum Gasteiger partial charge on any atom is 0.341 e. The van der Waals surface area contributed by atoms with Crippen molar-refractivity contribution in [2.45, 2.75) is 26.8 Å². The van der Waals surface area contributed by atoms with Gasteiger partial charge in [0.05, 0.1) is 23.9 Å². The molecule has 0 aliphatic heterocycles. The van der Waals surface area contributed by atoms with Gasteiger partial charge in [-0.1, -0.05) is 27.5 Å². The number of aryl methyl sites for hydroxylation is 1. The van der Waals surface area contributed by atoms with Gasteiger partial charge in [0, 0.05) is 4.47 Å². The van der Waals surface area contributed by atoms with E-state index in [1.165, 1.54) is 6.07 Å². The van der Waals surface area contributed by atoms with Gasteiger partial charge in [-0.25, -0.2) is 9.59 Å². The number of carbonyl (C=O) groups excluding carboxylic acids is 2. The van der Waals surface area contributed by atoms with Crippen LogP contribution in [0.3, 0.4) is 0 Å². The Balaban J connectivity index is 2.37. The number of anilines is 1. The summed E-state index contributed by atoms with van der Waals surface area (Å²) in [4.78, 5) is 24.4. The van der Waals surface area contributed by atoms with Crippen LogP contribution in [0, 0.1) is 6.92 Å². The van der Waals surface area contributed by atoms with E-state index >= 15 is 0 Å². The largest absolute Gasteiger partial charge is 0.464 e. The average Bonchev–Trinajstić information content (AvgIpc) is 2.96. The molecule has 0 aliphatic carbocycles. The van der Waals surface area contributed by atoms with Crippen LogP contribution >= 0.6 is 27.5 Å². The predicted molar refractivity (Wildman–Crippen MR) is 102 cm³/mol. The molecular formula is C18H19BrClNO5. The number of halogens is 2. The molecule has 8 heteroatoms. The van der Waals surface area contributed by atoms with Gasteiger partial charge in [0.1, 0.15) is 17.1 Å². The van der Waals surface area contributed by atoms with E-state index in [4.69, 9.17) is 25.5 Å². The molecule has 1 atom stereocenters. The van der Waals surface area contributed by atoms with Gasteiger partial charge in [0.15, 0.2) is 6.04 Å². The zero-order chi connectivity index (χ0) is 19.3. The highest BCUT2D eigenvalue weighted by molar-refractivity contribution is 9.10. The Morgan fingerprint density at radius 3 is 2.54 bits per heavy atom. The number of nitrogens with one attached hydrogen (secondary N) is 1. The Morgan fingerprint density at radius 2 is 1.92 bits per heavy atom. The first-order valence-electron chi connectivity index (χ1n) is 8.03. The molecule has 1 unspecified atom stereocenters. The molecule has 1 heterocycles. The summed E-state index contributed by atoms with van der Waals surface area (Å²) in [7, 11) is 0. The van der Waals surface area contributed by atoms with Crippen LogP contribution in [-0.2, 0) is 14.3 Å². The van der Waals surface area contributed by atoms with Crippen LogP contribution in [0.15, 0.2) is 33.2 Å². The van der Waals surface area contributed by atoms with Gasteiger partial charge in [-0.3, -0.25) is 0 Å². The van der Waals surface area contributed by atoms with Crippen molar-refractivity contribution in [1.82, 2.24) is 0 Å². The Hall–Kier alpha value is -1.99. The standard InChI is InChI=1S/C18H19BrClNO5/c1-4-24-17(22)12-9-15(26-10(12)3)16(18(23)25-5-2)21-14-7-6-11(19)8-13(14)20/h6-9,16,21H,4-5H2,1-3H3. The molecule has 0 radical (unpaired) electrons. The molecule has 1 aromatic carbocycles. The summed E-state index contributed by atoms with van der Waals surface area (Å²) >= 11 is 9.55. The van der Waals surface area contributed by atoms with Gasteiger partial charge in [-0.2, -0.15) is 0 Å². The lowest BCUT2D eigenvalue weighted by molar-refractivity contribution is -0.144. The third-order valence-corrected chi connectivity index (χ3v) is 4.28. The van der Waals surface area contributed by atoms with Crippen LogP contribution in [-0.4, -0.2) is 25.2 Å². The first kappa shape index (κ1) is 20.3. The van der Waals surface area contributed by atoms with E-state index in [1.807, 2.05) is 0 Å². The Morgan fingerprint density at radius 1 is 1.23 bits per heavy atom. The van der Waals surface area contributed by atoms with Crippen molar-refractivity contribution in [1.29, 1.82) is 0 Å². The third kappa shape index (κ3) is 4.80. The van der Waals surface area contributed by atoms with Gasteiger partial charge in [0.2, 0.25) is 0 Å². The second-order valence-electron chi connectivity index (χ2n) is 5.29. The molecule has 0 aliphatic rings. The van der Waals surface area contributed by atoms with Crippen molar-refractivity contribution in [3.8, 4) is 0 Å². The number of carbonyl (C=O) groups is 2. The van der Waals surface area contributed by atoms with E-state index in [1.54, 1.807) is 39.0 Å². The number of hydrogen-bond acceptors (Lipinski definition) is 6. The normalized spacial score (nSPS) is 11.7. The lowest BCUT2D eigenvalue weighted by Crippen LogP contribution is -2.23. The molecule has 0 amide bonds. The monoisotopic (exact) mass is 443 g/mol. The van der Waals surface area contributed by atoms with Crippen LogP contribution in [0.25, 0.3) is 0 Å². The van der Waals surface area contributed by atoms with Crippen LogP contribution in [0.5, 0.6) is 0 Å². The van der Waals surface area contributed by atoms with Gasteiger partial charge >= 0.3 is 11.9 Å². The van der Waals surface area contributed by atoms with Gasteiger partial charge in [0.25, 0.3) is 0 Å². The molecule has 26 heavy (non-hydrogen) atoms. The summed E-state index contributed by atoms with van der Waals surface area (Å²) in [5.41, 5.74) is 0.791. The summed E-state index contributed by atoms with van der Waals surface area (Å²) < 4.78 is 16.6. The number of rotatable bonds is 7. The predicted octanol–water partition coefficient (Wildman–Crippen LogP) is 4.90. The van der Waals surface area contributed by atoms with Gasteiger partial charge < -0.3 is 19.2 Å². The summed E-state index contributed by atoms with van der Waals surface area (Å²) in [6, 6.07) is 5.72. The number of benzene rings is 1. The third-order valence-electron chi connectivity index (χ3n) is 3.47. The highest BCUT2D eigenvalue weighted by atomic mass is 79.9. The second kappa shape index (κ2) is 9.09. The SMILES string of the molecule is CCOC(=O)c1cc(C(Nc2ccc(Br)cc2Cl)C(=O)OCC)oc1C. The smallest absolute Gasteiger partial charge is 0.341 e. The minimum atomic E-state index is -0.962. The van der Waals surface area contributed by atoms with Crippen molar-refractivity contribution in [2.24, 2.45) is 0 Å². The van der Waals surface area contributed by atoms with E-state index in [9.17, 15) is 9.59 Å². The average molecular weight is 445 g/mol. The van der Waals surface area contributed by atoms with Gasteiger partial charge in [-0.15, -0.1) is 0 Å². The molecule has 0 fully saturated rings. The maximum atomic E-state index is 12.4. The van der Waals surface area contributed by atoms with Crippen molar-refractivity contribution < 1.29 is 23.5 Å². The number of ether oxygens (including phenoxy) is 2. The summed E-state index contributed by atoms with van der Waals surface area (Å²) in [6.07, 6.45) is 0. The van der Waals surface area contributed by atoms with Crippen LogP contribution in [0.2, 0.25) is 5.02 Å². The molecule has 2 aromatic rings. The Bertz CT molecular complexity index is 805. The van der Waals surface area contributed by atoms with E-state index in [2.05, 4.69) is 21.2 Å². The topological polar surface area (TPSA) is 77.8 Å². The fourth-order valence-electron chi connectivity index (χ4n) is 2.29. The summed E-state index contributed by atoms with van der Waals surface area (Å²) in [6.45, 7) is 5.50. The van der Waals surface area contributed by atoms with E-state index in [-0.39, 0.29) is 24.5 Å². The van der Waals surface area contributed by atoms with Gasteiger partial charge in [-0.05, 0) is 45.0 Å². The lowest BCUT2D eigenvalue weighted by atomic mass is 10.1. The number of hydrogen-bond donors (Lipinski definition) is 1. The lowest BCUT2D eigenvalue weighted by Gasteiger charge is -2.17. The fraction of sp³-hybridized carbons (Fsp3) is 0.333. The summed E-state index contributed by atoms with van der Waals surface area (Å²) in [5, 5.41) is 3.43. The van der Waals surface area contributed by atoms with E-state index in [0.717, 1.165) is 4.47 Å². The molecule has 1 aromatic heterocycles. The van der Waals surface area contributed by atoms with Crippen molar-refractivity contribution >= 4 is 45.2 Å². The molecule has 140 valence electrons. The molecule has 1 N–H and O–H groups in total. The van der Waals surface area contributed by atoms with Crippen LogP contribution < -0.4 is 5.32 Å². The number of esters is 2. The van der Waals surface area contributed by atoms with Crippen LogP contribution in [0.4, 0.5) is 5.69 Å². The second-order valence-corrected chi connectivity index (χ2v) is 6.62. The maximum absolute atomic E-state index is 12.4. The Kier molecular flexibility index (Phi) is 7.11. The first-order chi connectivity index (χ1) is 12.4. The zero-order valence-electron chi connectivity index (χ0n) is 14.6. The molecule has 0 spiro atoms. The molecular weight excluding hydrogens is 426 g/mol. The zero-order valence-corrected chi connectivity index (χ0v) is 16.9.